The second-order valence-corrected chi connectivity index (χ2v) is 7.94. The molecule has 0 aromatic rings. The SMILES string of the molecule is CC(=O)NC(CCCCN)P(=O)(O)CCC(=O)NC(C)C(=O)O. The van der Waals surface area contributed by atoms with Crippen LogP contribution in [0.5, 0.6) is 0 Å². The maximum absolute atomic E-state index is 12.4. The molecule has 0 aliphatic rings. The normalized spacial score (nSPS) is 16.0. The van der Waals surface area contributed by atoms with Crippen LogP contribution in [0.25, 0.3) is 0 Å². The number of amides is 2. The van der Waals surface area contributed by atoms with Crippen LogP contribution in [0.1, 0.15) is 39.5 Å². The van der Waals surface area contributed by atoms with Gasteiger partial charge in [0.05, 0.1) is 0 Å². The maximum atomic E-state index is 12.4. The monoisotopic (exact) mass is 351 g/mol. The van der Waals surface area contributed by atoms with Crippen LogP contribution >= 0.6 is 7.37 Å². The number of rotatable bonds is 11. The molecule has 0 aromatic heterocycles. The van der Waals surface area contributed by atoms with Crippen molar-refractivity contribution in [3.63, 3.8) is 0 Å². The van der Waals surface area contributed by atoms with E-state index in [9.17, 15) is 23.8 Å². The molecule has 0 aliphatic heterocycles. The Morgan fingerprint density at radius 2 is 1.83 bits per heavy atom. The molecule has 0 rings (SSSR count). The van der Waals surface area contributed by atoms with Crippen molar-refractivity contribution in [3.05, 3.63) is 0 Å². The smallest absolute Gasteiger partial charge is 0.325 e. The van der Waals surface area contributed by atoms with Crippen LogP contribution < -0.4 is 16.4 Å². The van der Waals surface area contributed by atoms with Crippen LogP contribution in [-0.2, 0) is 18.9 Å². The van der Waals surface area contributed by atoms with Crippen molar-refractivity contribution in [1.29, 1.82) is 0 Å². The number of carbonyl (C=O) groups excluding carboxylic acids is 2. The zero-order valence-electron chi connectivity index (χ0n) is 13.4. The molecule has 0 radical (unpaired) electrons. The Bertz CT molecular complexity index is 471. The number of hydrogen-bond acceptors (Lipinski definition) is 5. The Kier molecular flexibility index (Phi) is 9.71. The lowest BCUT2D eigenvalue weighted by atomic mass is 10.2. The van der Waals surface area contributed by atoms with E-state index in [2.05, 4.69) is 10.6 Å². The topological polar surface area (TPSA) is 159 Å². The first-order chi connectivity index (χ1) is 10.6. The summed E-state index contributed by atoms with van der Waals surface area (Å²) in [6, 6.07) is -1.07. The molecule has 3 atom stereocenters. The molecule has 10 heteroatoms. The summed E-state index contributed by atoms with van der Waals surface area (Å²) in [7, 11) is -3.80. The second kappa shape index (κ2) is 10.4. The van der Waals surface area contributed by atoms with E-state index in [0.29, 0.717) is 19.4 Å². The van der Waals surface area contributed by atoms with Crippen molar-refractivity contribution in [3.8, 4) is 0 Å². The molecule has 0 saturated carbocycles. The van der Waals surface area contributed by atoms with Gasteiger partial charge in [-0.25, -0.2) is 0 Å². The van der Waals surface area contributed by atoms with Gasteiger partial charge in [-0.1, -0.05) is 0 Å². The van der Waals surface area contributed by atoms with Gasteiger partial charge < -0.3 is 26.4 Å². The van der Waals surface area contributed by atoms with Crippen LogP contribution in [0.3, 0.4) is 0 Å². The summed E-state index contributed by atoms with van der Waals surface area (Å²) in [5, 5.41) is 13.3. The summed E-state index contributed by atoms with van der Waals surface area (Å²) in [6.45, 7) is 2.99. The zero-order chi connectivity index (χ0) is 18.0. The molecule has 0 aromatic carbocycles. The minimum Gasteiger partial charge on any atom is -0.480 e. The first-order valence-corrected chi connectivity index (χ1v) is 9.32. The van der Waals surface area contributed by atoms with Crippen molar-refractivity contribution >= 4 is 25.2 Å². The minimum absolute atomic E-state index is 0.289. The van der Waals surface area contributed by atoms with Gasteiger partial charge in [0, 0.05) is 19.5 Å². The van der Waals surface area contributed by atoms with Crippen LogP contribution in [0.15, 0.2) is 0 Å². The predicted octanol–water partition coefficient (Wildman–Crippen LogP) is -0.173. The maximum Gasteiger partial charge on any atom is 0.325 e. The summed E-state index contributed by atoms with van der Waals surface area (Å²) >= 11 is 0. The lowest BCUT2D eigenvalue weighted by Crippen LogP contribution is -2.39. The highest BCUT2D eigenvalue weighted by Crippen LogP contribution is 2.47. The van der Waals surface area contributed by atoms with Gasteiger partial charge >= 0.3 is 5.97 Å². The summed E-state index contributed by atoms with van der Waals surface area (Å²) in [6.07, 6.45) is 0.899. The highest BCUT2D eigenvalue weighted by Gasteiger charge is 2.31. The molecule has 0 spiro atoms. The van der Waals surface area contributed by atoms with Crippen LogP contribution in [0.2, 0.25) is 0 Å². The fourth-order valence-electron chi connectivity index (χ4n) is 1.88. The zero-order valence-corrected chi connectivity index (χ0v) is 14.3. The van der Waals surface area contributed by atoms with Gasteiger partial charge in [0.15, 0.2) is 0 Å². The molecular weight excluding hydrogens is 325 g/mol. The van der Waals surface area contributed by atoms with E-state index in [-0.39, 0.29) is 19.0 Å². The van der Waals surface area contributed by atoms with Crippen LogP contribution in [0, 0.1) is 0 Å². The van der Waals surface area contributed by atoms with E-state index in [1.54, 1.807) is 0 Å². The molecule has 3 unspecified atom stereocenters. The molecule has 0 fully saturated rings. The second-order valence-electron chi connectivity index (χ2n) is 5.36. The quantitative estimate of drug-likeness (QED) is 0.255. The first-order valence-electron chi connectivity index (χ1n) is 7.41. The average Bonchev–Trinajstić information content (AvgIpc) is 2.43. The van der Waals surface area contributed by atoms with Gasteiger partial charge in [0.1, 0.15) is 11.8 Å². The minimum atomic E-state index is -3.80. The van der Waals surface area contributed by atoms with E-state index in [1.165, 1.54) is 13.8 Å². The number of hydrogen-bond donors (Lipinski definition) is 5. The number of unbranched alkanes of at least 4 members (excludes halogenated alkanes) is 1. The predicted molar refractivity (Wildman–Crippen MR) is 85.1 cm³/mol. The number of aliphatic carboxylic acids is 1. The Balaban J connectivity index is 4.63. The van der Waals surface area contributed by atoms with Crippen molar-refractivity contribution in [2.45, 2.75) is 51.4 Å². The number of nitrogens with two attached hydrogens (primary N) is 1. The van der Waals surface area contributed by atoms with Gasteiger partial charge in [0.2, 0.25) is 19.2 Å². The van der Waals surface area contributed by atoms with Crippen molar-refractivity contribution in [2.75, 3.05) is 12.7 Å². The number of carboxylic acid groups (broad SMARTS) is 1. The number of carboxylic acids is 1. The molecule has 9 nitrogen and oxygen atoms in total. The van der Waals surface area contributed by atoms with Crippen LogP contribution in [0.4, 0.5) is 0 Å². The molecule has 0 heterocycles. The third-order valence-corrected chi connectivity index (χ3v) is 5.42. The molecule has 0 bridgehead atoms. The number of nitrogens with one attached hydrogen (secondary N) is 2. The summed E-state index contributed by atoms with van der Waals surface area (Å²) in [5.74, 6) is -3.18. The number of carbonyl (C=O) groups is 3. The highest BCUT2D eigenvalue weighted by molar-refractivity contribution is 7.58. The molecule has 0 saturated heterocycles. The molecule has 23 heavy (non-hydrogen) atoms. The van der Waals surface area contributed by atoms with Gasteiger partial charge in [0.25, 0.3) is 0 Å². The largest absolute Gasteiger partial charge is 0.480 e. The third kappa shape index (κ3) is 9.32. The van der Waals surface area contributed by atoms with Crippen LogP contribution in [-0.4, -0.2) is 52.3 Å². The van der Waals surface area contributed by atoms with Gasteiger partial charge in [-0.15, -0.1) is 0 Å². The van der Waals surface area contributed by atoms with Gasteiger partial charge in [-0.3, -0.25) is 18.9 Å². The Morgan fingerprint density at radius 3 is 2.30 bits per heavy atom. The highest BCUT2D eigenvalue weighted by atomic mass is 31.2. The fraction of sp³-hybridized carbons (Fsp3) is 0.769. The van der Waals surface area contributed by atoms with E-state index in [0.717, 1.165) is 0 Å². The molecule has 0 aliphatic carbocycles. The Labute approximate surface area is 135 Å². The van der Waals surface area contributed by atoms with Crippen molar-refractivity contribution in [1.82, 2.24) is 10.6 Å². The van der Waals surface area contributed by atoms with E-state index in [4.69, 9.17) is 10.8 Å². The molecular formula is C13H26N3O6P. The fourth-order valence-corrected chi connectivity index (χ4v) is 3.69. The average molecular weight is 351 g/mol. The van der Waals surface area contributed by atoms with Crippen molar-refractivity contribution in [2.24, 2.45) is 5.73 Å². The Morgan fingerprint density at radius 1 is 1.22 bits per heavy atom. The summed E-state index contributed by atoms with van der Waals surface area (Å²) < 4.78 is 12.4. The van der Waals surface area contributed by atoms with E-state index in [1.807, 2.05) is 0 Å². The molecule has 2 amide bonds. The van der Waals surface area contributed by atoms with E-state index >= 15 is 0 Å². The van der Waals surface area contributed by atoms with Crippen molar-refractivity contribution < 1.29 is 28.9 Å². The van der Waals surface area contributed by atoms with Gasteiger partial charge in [-0.05, 0) is 32.7 Å². The van der Waals surface area contributed by atoms with E-state index < -0.39 is 37.0 Å². The lowest BCUT2D eigenvalue weighted by Gasteiger charge is -2.23. The third-order valence-electron chi connectivity index (χ3n) is 3.20. The molecule has 134 valence electrons. The van der Waals surface area contributed by atoms with Gasteiger partial charge in [-0.2, -0.15) is 0 Å². The Hall–Kier alpha value is -1.44. The molecule has 6 N–H and O–H groups in total. The summed E-state index contributed by atoms with van der Waals surface area (Å²) in [5.41, 5.74) is 5.37. The standard InChI is InChI=1S/C13H26N3O6P/c1-9(13(19)20)15-11(18)6-8-23(21,22)12(16-10(2)17)5-3-4-7-14/h9,12H,3-8,14H2,1-2H3,(H,15,18)(H,16,17)(H,19,20)(H,21,22). The first kappa shape index (κ1) is 21.6. The summed E-state index contributed by atoms with van der Waals surface area (Å²) in [4.78, 5) is 43.5. The lowest BCUT2D eigenvalue weighted by molar-refractivity contribution is -0.141.